The fourth-order valence-electron chi connectivity index (χ4n) is 1.05. The summed E-state index contributed by atoms with van der Waals surface area (Å²) in [6, 6.07) is 0. The number of carbonyl (C=O) groups is 2. The molecule has 0 unspecified atom stereocenters. The zero-order chi connectivity index (χ0) is 13.4. The zero-order valence-corrected chi connectivity index (χ0v) is 9.40. The Labute approximate surface area is 102 Å². The van der Waals surface area contributed by atoms with Crippen LogP contribution in [0.15, 0.2) is 12.4 Å². The topological polar surface area (TPSA) is 119 Å². The van der Waals surface area contributed by atoms with Crippen molar-refractivity contribution in [1.82, 2.24) is 9.97 Å². The summed E-state index contributed by atoms with van der Waals surface area (Å²) in [7, 11) is 0. The first-order chi connectivity index (χ1) is 8.70. The van der Waals surface area contributed by atoms with Gasteiger partial charge in [0.1, 0.15) is 13.2 Å². The molecule has 0 aliphatic rings. The van der Waals surface area contributed by atoms with Crippen LogP contribution < -0.4 is 0 Å². The first-order valence-electron chi connectivity index (χ1n) is 5.07. The lowest BCUT2D eigenvalue weighted by molar-refractivity contribution is 0.0378. The van der Waals surface area contributed by atoms with E-state index in [1.54, 1.807) is 0 Å². The van der Waals surface area contributed by atoms with E-state index in [1.165, 1.54) is 12.4 Å². The van der Waals surface area contributed by atoms with E-state index in [2.05, 4.69) is 19.4 Å². The van der Waals surface area contributed by atoms with Crippen LogP contribution in [0.4, 0.5) is 0 Å². The van der Waals surface area contributed by atoms with Gasteiger partial charge in [-0.05, 0) is 0 Å². The predicted octanol–water partition coefficient (Wildman–Crippen LogP) is -1.23. The fraction of sp³-hybridized carbons (Fsp3) is 0.400. The summed E-state index contributed by atoms with van der Waals surface area (Å²) in [5.41, 5.74) is -0.595. The molecule has 1 aromatic rings. The average molecular weight is 256 g/mol. The van der Waals surface area contributed by atoms with Crippen LogP contribution in [-0.2, 0) is 9.47 Å². The molecule has 0 saturated heterocycles. The van der Waals surface area contributed by atoms with Gasteiger partial charge in [0.25, 0.3) is 0 Å². The summed E-state index contributed by atoms with van der Waals surface area (Å²) >= 11 is 0. The zero-order valence-electron chi connectivity index (χ0n) is 9.40. The molecule has 0 atom stereocenters. The molecule has 0 radical (unpaired) electrons. The van der Waals surface area contributed by atoms with Crippen molar-refractivity contribution in [3.8, 4) is 0 Å². The number of aliphatic hydroxyl groups excluding tert-OH is 2. The molecule has 0 fully saturated rings. The van der Waals surface area contributed by atoms with Crippen molar-refractivity contribution in [2.75, 3.05) is 26.4 Å². The molecule has 1 rings (SSSR count). The lowest BCUT2D eigenvalue weighted by Gasteiger charge is -2.06. The molecule has 0 aliphatic carbocycles. The smallest absolute Gasteiger partial charge is 0.359 e. The van der Waals surface area contributed by atoms with Crippen LogP contribution in [0.5, 0.6) is 0 Å². The van der Waals surface area contributed by atoms with Crippen molar-refractivity contribution < 1.29 is 29.3 Å². The van der Waals surface area contributed by atoms with Gasteiger partial charge in [-0.2, -0.15) is 0 Å². The largest absolute Gasteiger partial charge is 0.458 e. The van der Waals surface area contributed by atoms with Crippen LogP contribution in [0.1, 0.15) is 21.0 Å². The number of hydrogen-bond acceptors (Lipinski definition) is 8. The van der Waals surface area contributed by atoms with Gasteiger partial charge in [-0.3, -0.25) is 0 Å². The molecular formula is C10H12N2O6. The summed E-state index contributed by atoms with van der Waals surface area (Å²) in [5, 5.41) is 17.0. The molecule has 2 N–H and O–H groups in total. The molecule has 18 heavy (non-hydrogen) atoms. The standard InChI is InChI=1S/C10H12N2O6/c13-3-5-17-9(15)7-8(12-2-1-11-7)10(16)18-6-4-14/h1-2,13-14H,3-6H2. The molecule has 8 heteroatoms. The van der Waals surface area contributed by atoms with E-state index in [-0.39, 0.29) is 37.8 Å². The molecule has 1 heterocycles. The van der Waals surface area contributed by atoms with Crippen molar-refractivity contribution in [3.05, 3.63) is 23.8 Å². The number of hydrogen-bond donors (Lipinski definition) is 2. The third-order valence-corrected chi connectivity index (χ3v) is 1.73. The molecule has 8 nitrogen and oxygen atoms in total. The maximum atomic E-state index is 11.5. The van der Waals surface area contributed by atoms with E-state index >= 15 is 0 Å². The van der Waals surface area contributed by atoms with Crippen LogP contribution in [0.3, 0.4) is 0 Å². The lowest BCUT2D eigenvalue weighted by Crippen LogP contribution is -2.19. The number of esters is 2. The molecule has 0 amide bonds. The Morgan fingerprint density at radius 2 is 1.33 bits per heavy atom. The minimum atomic E-state index is -0.881. The number of carbonyl (C=O) groups excluding carboxylic acids is 2. The van der Waals surface area contributed by atoms with Crippen LogP contribution in [0, 0.1) is 0 Å². The van der Waals surface area contributed by atoms with Crippen LogP contribution >= 0.6 is 0 Å². The van der Waals surface area contributed by atoms with Gasteiger partial charge in [0.2, 0.25) is 0 Å². The third kappa shape index (κ3) is 3.75. The number of aromatic nitrogens is 2. The van der Waals surface area contributed by atoms with Gasteiger partial charge in [-0.15, -0.1) is 0 Å². The highest BCUT2D eigenvalue weighted by Crippen LogP contribution is 2.05. The second-order valence-corrected chi connectivity index (χ2v) is 2.97. The monoisotopic (exact) mass is 256 g/mol. The summed E-state index contributed by atoms with van der Waals surface area (Å²) in [4.78, 5) is 30.4. The second-order valence-electron chi connectivity index (χ2n) is 2.97. The van der Waals surface area contributed by atoms with Crippen molar-refractivity contribution in [3.63, 3.8) is 0 Å². The van der Waals surface area contributed by atoms with E-state index < -0.39 is 11.9 Å². The van der Waals surface area contributed by atoms with Gasteiger partial charge in [-0.1, -0.05) is 0 Å². The van der Waals surface area contributed by atoms with Gasteiger partial charge in [0.05, 0.1) is 13.2 Å². The highest BCUT2D eigenvalue weighted by molar-refractivity contribution is 6.00. The van der Waals surface area contributed by atoms with Gasteiger partial charge in [0.15, 0.2) is 11.4 Å². The quantitative estimate of drug-likeness (QED) is 0.607. The Morgan fingerprint density at radius 3 is 1.67 bits per heavy atom. The maximum Gasteiger partial charge on any atom is 0.359 e. The van der Waals surface area contributed by atoms with Crippen LogP contribution in [0.2, 0.25) is 0 Å². The molecule has 0 aromatic carbocycles. The van der Waals surface area contributed by atoms with Gasteiger partial charge in [0, 0.05) is 12.4 Å². The van der Waals surface area contributed by atoms with Crippen LogP contribution in [0.25, 0.3) is 0 Å². The van der Waals surface area contributed by atoms with E-state index in [9.17, 15) is 9.59 Å². The Balaban J connectivity index is 2.85. The Hall–Kier alpha value is -2.06. The molecule has 0 aliphatic heterocycles. The molecular weight excluding hydrogens is 244 g/mol. The number of rotatable bonds is 6. The lowest BCUT2D eigenvalue weighted by atomic mass is 10.3. The minimum Gasteiger partial charge on any atom is -0.458 e. The molecule has 98 valence electrons. The van der Waals surface area contributed by atoms with Gasteiger partial charge >= 0.3 is 11.9 Å². The predicted molar refractivity (Wildman–Crippen MR) is 56.8 cm³/mol. The first kappa shape index (κ1) is 14.0. The van der Waals surface area contributed by atoms with Gasteiger partial charge in [-0.25, -0.2) is 19.6 Å². The second kappa shape index (κ2) is 7.30. The number of nitrogens with zero attached hydrogens (tertiary/aromatic N) is 2. The summed E-state index contributed by atoms with van der Waals surface area (Å²) in [5.74, 6) is -1.76. The molecule has 0 spiro atoms. The average Bonchev–Trinajstić information content (AvgIpc) is 2.42. The van der Waals surface area contributed by atoms with E-state index in [0.717, 1.165) is 0 Å². The summed E-state index contributed by atoms with van der Waals surface area (Å²) in [6.45, 7) is -1.09. The fourth-order valence-corrected chi connectivity index (χ4v) is 1.05. The molecule has 0 saturated carbocycles. The number of aliphatic hydroxyl groups is 2. The normalized spacial score (nSPS) is 9.89. The van der Waals surface area contributed by atoms with Crippen molar-refractivity contribution >= 4 is 11.9 Å². The highest BCUT2D eigenvalue weighted by atomic mass is 16.5. The van der Waals surface area contributed by atoms with Crippen molar-refractivity contribution in [2.45, 2.75) is 0 Å². The molecule has 1 aromatic heterocycles. The minimum absolute atomic E-state index is 0.208. The Bertz CT molecular complexity index is 384. The highest BCUT2D eigenvalue weighted by Gasteiger charge is 2.22. The van der Waals surface area contributed by atoms with Crippen LogP contribution in [-0.4, -0.2) is 58.5 Å². The Morgan fingerprint density at radius 1 is 0.944 bits per heavy atom. The number of ether oxygens (including phenoxy) is 2. The maximum absolute atomic E-state index is 11.5. The van der Waals surface area contributed by atoms with Gasteiger partial charge < -0.3 is 19.7 Å². The van der Waals surface area contributed by atoms with E-state index in [4.69, 9.17) is 10.2 Å². The van der Waals surface area contributed by atoms with Crippen molar-refractivity contribution in [1.29, 1.82) is 0 Å². The Kier molecular flexibility index (Phi) is 5.68. The van der Waals surface area contributed by atoms with E-state index in [0.29, 0.717) is 0 Å². The third-order valence-electron chi connectivity index (χ3n) is 1.73. The first-order valence-corrected chi connectivity index (χ1v) is 5.07. The van der Waals surface area contributed by atoms with Crippen molar-refractivity contribution in [2.24, 2.45) is 0 Å². The SMILES string of the molecule is O=C(OCCO)c1nccnc1C(=O)OCCO. The summed E-state index contributed by atoms with van der Waals surface area (Å²) in [6.07, 6.45) is 2.44. The van der Waals surface area contributed by atoms with E-state index in [1.807, 2.05) is 0 Å². The molecule has 0 bridgehead atoms. The summed E-state index contributed by atoms with van der Waals surface area (Å²) < 4.78 is 9.25.